The number of nitrogens with zero attached hydrogens (tertiary/aromatic N) is 3. The molecule has 0 spiro atoms. The van der Waals surface area contributed by atoms with Crippen LogP contribution in [0.2, 0.25) is 0 Å². The minimum Gasteiger partial charge on any atom is -0.497 e. The monoisotopic (exact) mass is 408 g/mol. The van der Waals surface area contributed by atoms with Crippen molar-refractivity contribution < 1.29 is 9.53 Å². The minimum absolute atomic E-state index is 0.0559. The molecule has 2 aliphatic heterocycles. The van der Waals surface area contributed by atoms with Gasteiger partial charge >= 0.3 is 6.03 Å². The van der Waals surface area contributed by atoms with Gasteiger partial charge in [-0.1, -0.05) is 30.3 Å². The number of nitrogens with one attached hydrogen (secondary N) is 1. The standard InChI is InChI=1S/C24H32N4O2/c1-30-23-11-9-21(10-12-23)26-14-16-27(17-15-26)22-8-5-13-28(19-22)24(29)25-18-20-6-3-2-4-7-20/h2-4,6-7,9-12,22H,5,8,13-19H2,1H3,(H,25,29)/t22-/m1/s1. The van der Waals surface area contributed by atoms with Gasteiger partial charge < -0.3 is 19.9 Å². The molecule has 0 unspecified atom stereocenters. The second kappa shape index (κ2) is 9.85. The van der Waals surface area contributed by atoms with E-state index in [9.17, 15) is 4.79 Å². The van der Waals surface area contributed by atoms with E-state index in [2.05, 4.69) is 27.2 Å². The van der Waals surface area contributed by atoms with Crippen LogP contribution in [0.15, 0.2) is 54.6 Å². The number of hydrogen-bond donors (Lipinski definition) is 1. The third-order valence-electron chi connectivity index (χ3n) is 6.24. The van der Waals surface area contributed by atoms with Crippen LogP contribution in [0.4, 0.5) is 10.5 Å². The number of ether oxygens (including phenoxy) is 1. The molecule has 30 heavy (non-hydrogen) atoms. The Kier molecular flexibility index (Phi) is 6.74. The summed E-state index contributed by atoms with van der Waals surface area (Å²) in [5.74, 6) is 0.894. The lowest BCUT2D eigenvalue weighted by Gasteiger charge is -2.43. The van der Waals surface area contributed by atoms with Gasteiger partial charge in [0.25, 0.3) is 0 Å². The van der Waals surface area contributed by atoms with Crippen LogP contribution >= 0.6 is 0 Å². The van der Waals surface area contributed by atoms with Crippen molar-refractivity contribution in [3.05, 3.63) is 60.2 Å². The van der Waals surface area contributed by atoms with E-state index in [1.165, 1.54) is 12.1 Å². The molecule has 6 nitrogen and oxygen atoms in total. The van der Waals surface area contributed by atoms with Crippen molar-refractivity contribution in [2.45, 2.75) is 25.4 Å². The zero-order valence-electron chi connectivity index (χ0n) is 17.8. The number of piperidine rings is 1. The van der Waals surface area contributed by atoms with Gasteiger partial charge in [0.2, 0.25) is 0 Å². The summed E-state index contributed by atoms with van der Waals surface area (Å²) in [4.78, 5) is 19.7. The lowest BCUT2D eigenvalue weighted by molar-refractivity contribution is 0.104. The van der Waals surface area contributed by atoms with Crippen LogP contribution < -0.4 is 15.0 Å². The summed E-state index contributed by atoms with van der Waals surface area (Å²) in [7, 11) is 1.70. The number of amides is 2. The molecular formula is C24H32N4O2. The number of methoxy groups -OCH3 is 1. The van der Waals surface area contributed by atoms with Crippen molar-refractivity contribution in [3.8, 4) is 5.75 Å². The summed E-state index contributed by atoms with van der Waals surface area (Å²) >= 11 is 0. The maximum absolute atomic E-state index is 12.7. The van der Waals surface area contributed by atoms with Gasteiger partial charge in [0.15, 0.2) is 0 Å². The molecule has 1 atom stereocenters. The highest BCUT2D eigenvalue weighted by atomic mass is 16.5. The third-order valence-corrected chi connectivity index (χ3v) is 6.24. The Morgan fingerprint density at radius 3 is 2.43 bits per heavy atom. The predicted molar refractivity (Wildman–Crippen MR) is 120 cm³/mol. The van der Waals surface area contributed by atoms with E-state index in [4.69, 9.17) is 4.74 Å². The van der Waals surface area contributed by atoms with Crippen LogP contribution in [0.3, 0.4) is 0 Å². The molecule has 0 aliphatic carbocycles. The first-order chi connectivity index (χ1) is 14.7. The molecular weight excluding hydrogens is 376 g/mol. The highest BCUT2D eigenvalue weighted by molar-refractivity contribution is 5.74. The Bertz CT molecular complexity index is 804. The summed E-state index contributed by atoms with van der Waals surface area (Å²) in [5.41, 5.74) is 2.38. The fourth-order valence-electron chi connectivity index (χ4n) is 4.46. The van der Waals surface area contributed by atoms with Crippen LogP contribution in [0, 0.1) is 0 Å². The molecule has 6 heteroatoms. The number of rotatable bonds is 5. The van der Waals surface area contributed by atoms with Crippen LogP contribution in [-0.4, -0.2) is 68.3 Å². The normalized spacial score (nSPS) is 20.1. The van der Waals surface area contributed by atoms with Gasteiger partial charge in [-0.05, 0) is 42.7 Å². The fraction of sp³-hybridized carbons (Fsp3) is 0.458. The Morgan fingerprint density at radius 1 is 1.00 bits per heavy atom. The predicted octanol–water partition coefficient (Wildman–Crippen LogP) is 3.19. The number of urea groups is 1. The lowest BCUT2D eigenvalue weighted by Crippen LogP contribution is -2.56. The number of piperazine rings is 1. The second-order valence-corrected chi connectivity index (χ2v) is 8.11. The molecule has 0 aromatic heterocycles. The van der Waals surface area contributed by atoms with Crippen molar-refractivity contribution in [3.63, 3.8) is 0 Å². The van der Waals surface area contributed by atoms with Crippen LogP contribution in [-0.2, 0) is 6.54 Å². The molecule has 0 saturated carbocycles. The fourth-order valence-corrected chi connectivity index (χ4v) is 4.46. The molecule has 0 radical (unpaired) electrons. The van der Waals surface area contributed by atoms with E-state index in [-0.39, 0.29) is 6.03 Å². The van der Waals surface area contributed by atoms with Gasteiger partial charge in [0.05, 0.1) is 7.11 Å². The van der Waals surface area contributed by atoms with Gasteiger partial charge in [-0.25, -0.2) is 4.79 Å². The number of carbonyl (C=O) groups is 1. The number of benzene rings is 2. The SMILES string of the molecule is COc1ccc(N2CCN([C@@H]3CCCN(C(=O)NCc4ccccc4)C3)CC2)cc1. The average molecular weight is 409 g/mol. The van der Waals surface area contributed by atoms with E-state index in [1.807, 2.05) is 47.4 Å². The number of likely N-dealkylation sites (tertiary alicyclic amines) is 1. The molecule has 2 aromatic carbocycles. The number of carbonyl (C=O) groups excluding carboxylic acids is 1. The first-order valence-electron chi connectivity index (χ1n) is 10.9. The molecule has 2 heterocycles. The van der Waals surface area contributed by atoms with E-state index in [0.717, 1.165) is 57.0 Å². The molecule has 1 N–H and O–H groups in total. The molecule has 2 amide bonds. The average Bonchev–Trinajstić information content (AvgIpc) is 2.83. The quantitative estimate of drug-likeness (QED) is 0.826. The Hall–Kier alpha value is -2.73. The lowest BCUT2D eigenvalue weighted by atomic mass is 10.0. The van der Waals surface area contributed by atoms with Crippen LogP contribution in [0.1, 0.15) is 18.4 Å². The van der Waals surface area contributed by atoms with Crippen molar-refractivity contribution in [1.29, 1.82) is 0 Å². The smallest absolute Gasteiger partial charge is 0.317 e. The topological polar surface area (TPSA) is 48.1 Å². The molecule has 2 fully saturated rings. The molecule has 0 bridgehead atoms. The van der Waals surface area contributed by atoms with Crippen molar-refractivity contribution in [2.24, 2.45) is 0 Å². The van der Waals surface area contributed by atoms with Gasteiger partial charge in [0.1, 0.15) is 5.75 Å². The summed E-state index contributed by atoms with van der Waals surface area (Å²) in [6.45, 7) is 6.37. The van der Waals surface area contributed by atoms with Crippen molar-refractivity contribution in [2.75, 3.05) is 51.3 Å². The van der Waals surface area contributed by atoms with Crippen molar-refractivity contribution in [1.82, 2.24) is 15.1 Å². The Labute approximate surface area is 179 Å². The summed E-state index contributed by atoms with van der Waals surface area (Å²) in [6.07, 6.45) is 2.24. The zero-order valence-corrected chi connectivity index (χ0v) is 17.8. The zero-order chi connectivity index (χ0) is 20.8. The highest BCUT2D eigenvalue weighted by Gasteiger charge is 2.30. The third kappa shape index (κ3) is 5.05. The van der Waals surface area contributed by atoms with E-state index >= 15 is 0 Å². The first kappa shape index (κ1) is 20.5. The first-order valence-corrected chi connectivity index (χ1v) is 10.9. The Balaban J connectivity index is 1.26. The summed E-state index contributed by atoms with van der Waals surface area (Å²) in [5, 5.41) is 3.08. The maximum atomic E-state index is 12.7. The second-order valence-electron chi connectivity index (χ2n) is 8.11. The van der Waals surface area contributed by atoms with Gasteiger partial charge in [0, 0.05) is 57.5 Å². The Morgan fingerprint density at radius 2 is 1.73 bits per heavy atom. The molecule has 2 aromatic rings. The van der Waals surface area contributed by atoms with E-state index in [1.54, 1.807) is 7.11 Å². The van der Waals surface area contributed by atoms with Crippen LogP contribution in [0.25, 0.3) is 0 Å². The van der Waals surface area contributed by atoms with Gasteiger partial charge in [-0.3, -0.25) is 4.90 Å². The van der Waals surface area contributed by atoms with E-state index in [0.29, 0.717) is 12.6 Å². The van der Waals surface area contributed by atoms with E-state index < -0.39 is 0 Å². The highest BCUT2D eigenvalue weighted by Crippen LogP contribution is 2.23. The molecule has 2 saturated heterocycles. The largest absolute Gasteiger partial charge is 0.497 e. The molecule has 2 aliphatic rings. The van der Waals surface area contributed by atoms with Crippen molar-refractivity contribution >= 4 is 11.7 Å². The molecule has 160 valence electrons. The summed E-state index contributed by atoms with van der Waals surface area (Å²) in [6, 6.07) is 18.9. The molecule has 4 rings (SSSR count). The minimum atomic E-state index is 0.0559. The summed E-state index contributed by atoms with van der Waals surface area (Å²) < 4.78 is 5.26. The van der Waals surface area contributed by atoms with Gasteiger partial charge in [-0.15, -0.1) is 0 Å². The van der Waals surface area contributed by atoms with Crippen LogP contribution in [0.5, 0.6) is 5.75 Å². The maximum Gasteiger partial charge on any atom is 0.317 e. The number of anilines is 1. The number of hydrogen-bond acceptors (Lipinski definition) is 4. The van der Waals surface area contributed by atoms with Gasteiger partial charge in [-0.2, -0.15) is 0 Å².